The van der Waals surface area contributed by atoms with Crippen molar-refractivity contribution >= 4 is 46.0 Å². The summed E-state index contributed by atoms with van der Waals surface area (Å²) >= 11 is 0.986. The highest BCUT2D eigenvalue weighted by Gasteiger charge is 2.48. The zero-order valence-electron chi connectivity index (χ0n) is 27.4. The Balaban J connectivity index is 1.04. The molecule has 4 aromatic rings. The molecule has 3 aliphatic rings. The van der Waals surface area contributed by atoms with Gasteiger partial charge in [-0.25, -0.2) is 4.98 Å². The number of benzene rings is 2. The van der Waals surface area contributed by atoms with Gasteiger partial charge >= 0.3 is 0 Å². The molecule has 1 saturated carbocycles. The summed E-state index contributed by atoms with van der Waals surface area (Å²) in [6, 6.07) is 15.3. The number of anilines is 2. The number of rotatable bonds is 9. The maximum Gasteiger partial charge on any atom is 0.293 e. The standard InChI is InChI=1S/C35H42N8O4S/c1-23(2)40-13-15-42(16-14-40)26-20-35(21-26)8-11-41(12-9-35)25-3-5-29(32(18-25)47-27-17-24-7-10-37-33(24)38-22-27)34(44)39-48-28-4-6-30(36)31(19-28)43(45)46/h3-7,10,17-19,22-23,26H,8-9,11-16,20-21,36H2,1-2H3,(H,37,38)(H,39,44). The minimum absolute atomic E-state index is 0.0656. The fourth-order valence-corrected chi connectivity index (χ4v) is 8.08. The number of nitro benzene ring substituents is 1. The lowest BCUT2D eigenvalue weighted by Gasteiger charge is -2.56. The third kappa shape index (κ3) is 6.67. The topological polar surface area (TPSA) is 146 Å². The van der Waals surface area contributed by atoms with Gasteiger partial charge in [0.25, 0.3) is 11.6 Å². The maximum atomic E-state index is 13.5. The molecular weight excluding hydrogens is 629 g/mol. The molecule has 2 aromatic carbocycles. The molecule has 0 bridgehead atoms. The number of aromatic nitrogens is 2. The number of pyridine rings is 1. The highest BCUT2D eigenvalue weighted by atomic mass is 32.2. The molecular formula is C35H42N8O4S. The van der Waals surface area contributed by atoms with Crippen LogP contribution in [0.5, 0.6) is 11.5 Å². The molecule has 13 heteroatoms. The zero-order valence-corrected chi connectivity index (χ0v) is 28.2. The first-order valence-electron chi connectivity index (χ1n) is 16.7. The number of nitrogen functional groups attached to an aromatic ring is 1. The van der Waals surface area contributed by atoms with Crippen LogP contribution in [0.3, 0.4) is 0 Å². The van der Waals surface area contributed by atoms with Gasteiger partial charge in [0.05, 0.1) is 16.7 Å². The number of nitrogens with two attached hydrogens (primary N) is 1. The summed E-state index contributed by atoms with van der Waals surface area (Å²) in [7, 11) is 0. The van der Waals surface area contributed by atoms with Crippen LogP contribution >= 0.6 is 11.9 Å². The van der Waals surface area contributed by atoms with E-state index in [0.717, 1.165) is 54.6 Å². The Labute approximate surface area is 284 Å². The van der Waals surface area contributed by atoms with Crippen LogP contribution in [0, 0.1) is 15.5 Å². The van der Waals surface area contributed by atoms with Crippen LogP contribution < -0.4 is 20.1 Å². The number of carbonyl (C=O) groups is 1. The lowest BCUT2D eigenvalue weighted by Crippen LogP contribution is -2.59. The van der Waals surface area contributed by atoms with Crippen LogP contribution in [-0.4, -0.2) is 82.0 Å². The molecule has 2 aliphatic heterocycles. The van der Waals surface area contributed by atoms with E-state index in [1.165, 1.54) is 51.2 Å². The predicted molar refractivity (Wildman–Crippen MR) is 189 cm³/mol. The summed E-state index contributed by atoms with van der Waals surface area (Å²) < 4.78 is 9.16. The normalized spacial score (nSPS) is 18.7. The largest absolute Gasteiger partial charge is 0.455 e. The maximum absolute atomic E-state index is 13.5. The van der Waals surface area contributed by atoms with Crippen molar-refractivity contribution in [1.82, 2.24) is 24.5 Å². The Morgan fingerprint density at radius 2 is 1.85 bits per heavy atom. The van der Waals surface area contributed by atoms with Gasteiger partial charge in [0.2, 0.25) is 0 Å². The van der Waals surface area contributed by atoms with E-state index in [0.29, 0.717) is 39.5 Å². The number of amides is 1. The first-order valence-corrected chi connectivity index (χ1v) is 17.5. The van der Waals surface area contributed by atoms with Gasteiger partial charge in [0.15, 0.2) is 0 Å². The first kappa shape index (κ1) is 32.2. The van der Waals surface area contributed by atoms with Crippen molar-refractivity contribution in [3.63, 3.8) is 0 Å². The Bertz CT molecular complexity index is 1810. The van der Waals surface area contributed by atoms with Crippen molar-refractivity contribution in [2.24, 2.45) is 5.41 Å². The molecule has 252 valence electrons. The number of nitrogens with zero attached hydrogens (tertiary/aromatic N) is 5. The van der Waals surface area contributed by atoms with Gasteiger partial charge in [-0.15, -0.1) is 0 Å². The third-order valence-corrected chi connectivity index (χ3v) is 11.2. The number of ether oxygens (including phenoxy) is 1. The molecule has 2 saturated heterocycles. The van der Waals surface area contributed by atoms with Gasteiger partial charge in [-0.05, 0) is 93.3 Å². The van der Waals surface area contributed by atoms with E-state index < -0.39 is 4.92 Å². The Morgan fingerprint density at radius 3 is 2.58 bits per heavy atom. The smallest absolute Gasteiger partial charge is 0.293 e. The quantitative estimate of drug-likeness (QED) is 0.0832. The molecule has 12 nitrogen and oxygen atoms in total. The van der Waals surface area contributed by atoms with E-state index in [4.69, 9.17) is 10.5 Å². The van der Waals surface area contributed by atoms with Crippen molar-refractivity contribution in [1.29, 1.82) is 0 Å². The Morgan fingerprint density at radius 1 is 1.08 bits per heavy atom. The minimum Gasteiger partial charge on any atom is -0.455 e. The van der Waals surface area contributed by atoms with Crippen LogP contribution in [0.25, 0.3) is 11.0 Å². The minimum atomic E-state index is -0.540. The first-order chi connectivity index (χ1) is 23.2. The van der Waals surface area contributed by atoms with Gasteiger partial charge in [0.1, 0.15) is 22.8 Å². The molecule has 0 radical (unpaired) electrons. The summed E-state index contributed by atoms with van der Waals surface area (Å²) in [5.74, 6) is 0.543. The average Bonchev–Trinajstić information content (AvgIpc) is 3.55. The highest BCUT2D eigenvalue weighted by Crippen LogP contribution is 2.51. The van der Waals surface area contributed by atoms with E-state index in [2.05, 4.69) is 43.2 Å². The fraction of sp³-hybridized carbons (Fsp3) is 0.429. The molecule has 2 aromatic heterocycles. The van der Waals surface area contributed by atoms with Gasteiger partial charge in [-0.1, -0.05) is 0 Å². The van der Waals surface area contributed by atoms with Crippen molar-refractivity contribution in [3.8, 4) is 11.5 Å². The van der Waals surface area contributed by atoms with E-state index in [-0.39, 0.29) is 17.3 Å². The van der Waals surface area contributed by atoms with Gasteiger partial charge in [0, 0.05) is 85.7 Å². The average molecular weight is 671 g/mol. The second kappa shape index (κ2) is 13.3. The summed E-state index contributed by atoms with van der Waals surface area (Å²) in [6.45, 7) is 11.2. The number of hydrogen-bond donors (Lipinski definition) is 3. The molecule has 1 amide bonds. The molecule has 4 heterocycles. The summed E-state index contributed by atoms with van der Waals surface area (Å²) in [5, 5.41) is 12.2. The molecule has 1 aliphatic carbocycles. The van der Waals surface area contributed by atoms with Crippen molar-refractivity contribution in [2.45, 2.75) is 56.5 Å². The number of fused-ring (bicyclic) bond motifs is 1. The second-order valence-corrected chi connectivity index (χ2v) is 14.5. The molecule has 7 rings (SSSR count). The van der Waals surface area contributed by atoms with Crippen LogP contribution in [0.15, 0.2) is 65.8 Å². The van der Waals surface area contributed by atoms with E-state index in [1.54, 1.807) is 18.3 Å². The van der Waals surface area contributed by atoms with Crippen molar-refractivity contribution < 1.29 is 14.5 Å². The van der Waals surface area contributed by atoms with Gasteiger partial charge in [-0.2, -0.15) is 0 Å². The van der Waals surface area contributed by atoms with E-state index in [9.17, 15) is 14.9 Å². The molecule has 1 spiro atoms. The van der Waals surface area contributed by atoms with Crippen LogP contribution in [0.2, 0.25) is 0 Å². The summed E-state index contributed by atoms with van der Waals surface area (Å²) in [4.78, 5) is 40.0. The number of hydrogen-bond acceptors (Lipinski definition) is 10. The SMILES string of the molecule is CC(C)N1CCN(C2CC3(CCN(c4ccc(C(=O)NSc5ccc(N)c([N+](=O)[O-])c5)c(Oc5cnc6[nH]ccc6c5)c4)CC3)C2)CC1. The van der Waals surface area contributed by atoms with E-state index >= 15 is 0 Å². The number of aromatic amines is 1. The summed E-state index contributed by atoms with van der Waals surface area (Å²) in [6.07, 6.45) is 8.35. The second-order valence-electron chi connectivity index (χ2n) is 13.6. The molecule has 0 unspecified atom stereocenters. The van der Waals surface area contributed by atoms with Gasteiger partial charge in [-0.3, -0.25) is 29.4 Å². The molecule has 4 N–H and O–H groups in total. The Kier molecular flexibility index (Phi) is 8.92. The number of piperazine rings is 1. The van der Waals surface area contributed by atoms with Crippen LogP contribution in [0.4, 0.5) is 17.1 Å². The highest BCUT2D eigenvalue weighted by molar-refractivity contribution is 7.98. The van der Waals surface area contributed by atoms with Crippen LogP contribution in [-0.2, 0) is 0 Å². The van der Waals surface area contributed by atoms with Crippen molar-refractivity contribution in [2.75, 3.05) is 49.9 Å². The fourth-order valence-electron chi connectivity index (χ4n) is 7.45. The number of carbonyl (C=O) groups excluding carboxylic acids is 1. The molecule has 3 fully saturated rings. The predicted octanol–water partition coefficient (Wildman–Crippen LogP) is 6.06. The number of nitrogens with one attached hydrogen (secondary N) is 2. The molecule has 48 heavy (non-hydrogen) atoms. The van der Waals surface area contributed by atoms with Crippen molar-refractivity contribution in [3.05, 3.63) is 76.6 Å². The summed E-state index contributed by atoms with van der Waals surface area (Å²) in [5.41, 5.74) is 8.14. The number of H-pyrrole nitrogens is 1. The zero-order chi connectivity index (χ0) is 33.4. The monoisotopic (exact) mass is 670 g/mol. The lowest BCUT2D eigenvalue weighted by atomic mass is 9.60. The van der Waals surface area contributed by atoms with Crippen LogP contribution in [0.1, 0.15) is 49.9 Å². The lowest BCUT2D eigenvalue weighted by molar-refractivity contribution is -0.384. The number of nitro groups is 1. The molecule has 0 atom stereocenters. The van der Waals surface area contributed by atoms with Gasteiger partial charge < -0.3 is 20.4 Å². The number of piperidine rings is 1. The Hall–Kier alpha value is -4.33. The van der Waals surface area contributed by atoms with E-state index in [1.807, 2.05) is 30.5 Å². The third-order valence-electron chi connectivity index (χ3n) is 10.4.